The zero-order chi connectivity index (χ0) is 14.3. The Morgan fingerprint density at radius 1 is 1.32 bits per heavy atom. The number of hydrogen-bond donors (Lipinski definition) is 3. The number of carbonyl (C=O) groups is 1. The summed E-state index contributed by atoms with van der Waals surface area (Å²) in [6, 6.07) is 3.19. The lowest BCUT2D eigenvalue weighted by Crippen LogP contribution is -2.25. The number of rotatable bonds is 7. The topological polar surface area (TPSA) is 93.8 Å². The molecule has 0 bridgehead atoms. The molecule has 6 heteroatoms. The molecule has 0 aliphatic rings. The maximum Gasteiger partial charge on any atom is 0.253 e. The van der Waals surface area contributed by atoms with Crippen molar-refractivity contribution in [1.82, 2.24) is 5.32 Å². The zero-order valence-corrected chi connectivity index (χ0v) is 11.2. The van der Waals surface area contributed by atoms with E-state index < -0.39 is 0 Å². The number of anilines is 1. The lowest BCUT2D eigenvalue weighted by atomic mass is 10.1. The van der Waals surface area contributed by atoms with Crippen LogP contribution in [0.1, 0.15) is 23.2 Å². The van der Waals surface area contributed by atoms with E-state index in [0.29, 0.717) is 36.4 Å². The Bertz CT molecular complexity index is 435. The Balaban J connectivity index is 2.83. The molecule has 0 unspecified atom stereocenters. The molecular weight excluding hydrogens is 248 g/mol. The molecule has 0 aromatic heterocycles. The van der Waals surface area contributed by atoms with E-state index in [9.17, 15) is 4.79 Å². The van der Waals surface area contributed by atoms with Gasteiger partial charge in [-0.1, -0.05) is 0 Å². The standard InChI is InChI=1S/C13H20N2O4/c1-18-9-7-10(12(14)11(8-9)19-2)13(17)15-5-3-4-6-16/h7-8,16H,3-6,14H2,1-2H3,(H,15,17). The highest BCUT2D eigenvalue weighted by Crippen LogP contribution is 2.30. The Morgan fingerprint density at radius 2 is 2.05 bits per heavy atom. The quantitative estimate of drug-likeness (QED) is 0.502. The van der Waals surface area contributed by atoms with Gasteiger partial charge >= 0.3 is 0 Å². The van der Waals surface area contributed by atoms with Crippen LogP contribution in [-0.2, 0) is 0 Å². The molecule has 0 spiro atoms. The van der Waals surface area contributed by atoms with Gasteiger partial charge in [-0.25, -0.2) is 0 Å². The average molecular weight is 268 g/mol. The number of aliphatic hydroxyl groups is 1. The summed E-state index contributed by atoms with van der Waals surface area (Å²) in [4.78, 5) is 12.0. The third kappa shape index (κ3) is 4.03. The Kier molecular flexibility index (Phi) is 5.95. The molecule has 106 valence electrons. The molecule has 1 aromatic carbocycles. The second kappa shape index (κ2) is 7.48. The largest absolute Gasteiger partial charge is 0.497 e. The highest BCUT2D eigenvalue weighted by Gasteiger charge is 2.15. The van der Waals surface area contributed by atoms with Crippen molar-refractivity contribution in [1.29, 1.82) is 0 Å². The van der Waals surface area contributed by atoms with Gasteiger partial charge in [-0.15, -0.1) is 0 Å². The number of aliphatic hydroxyl groups excluding tert-OH is 1. The van der Waals surface area contributed by atoms with Gasteiger partial charge in [0.2, 0.25) is 0 Å². The van der Waals surface area contributed by atoms with Crippen molar-refractivity contribution in [3.05, 3.63) is 17.7 Å². The van der Waals surface area contributed by atoms with Crippen LogP contribution in [0.2, 0.25) is 0 Å². The van der Waals surface area contributed by atoms with Crippen molar-refractivity contribution in [2.24, 2.45) is 0 Å². The maximum atomic E-state index is 12.0. The van der Waals surface area contributed by atoms with Crippen molar-refractivity contribution in [2.45, 2.75) is 12.8 Å². The number of amides is 1. The van der Waals surface area contributed by atoms with E-state index in [2.05, 4.69) is 5.32 Å². The van der Waals surface area contributed by atoms with Crippen LogP contribution < -0.4 is 20.5 Å². The SMILES string of the molecule is COc1cc(OC)c(N)c(C(=O)NCCCCO)c1. The summed E-state index contributed by atoms with van der Waals surface area (Å²) in [5.74, 6) is 0.624. The smallest absolute Gasteiger partial charge is 0.253 e. The number of unbranched alkanes of at least 4 members (excludes halogenated alkanes) is 1. The third-order valence-corrected chi connectivity index (χ3v) is 2.69. The molecule has 0 radical (unpaired) electrons. The summed E-state index contributed by atoms with van der Waals surface area (Å²) < 4.78 is 10.2. The van der Waals surface area contributed by atoms with Gasteiger partial charge < -0.3 is 25.6 Å². The van der Waals surface area contributed by atoms with Crippen LogP contribution in [0.25, 0.3) is 0 Å². The van der Waals surface area contributed by atoms with E-state index in [1.165, 1.54) is 14.2 Å². The third-order valence-electron chi connectivity index (χ3n) is 2.69. The first kappa shape index (κ1) is 15.1. The van der Waals surface area contributed by atoms with Crippen LogP contribution in [0.3, 0.4) is 0 Å². The van der Waals surface area contributed by atoms with E-state index >= 15 is 0 Å². The minimum absolute atomic E-state index is 0.116. The number of benzene rings is 1. The summed E-state index contributed by atoms with van der Waals surface area (Å²) in [6.45, 7) is 0.601. The van der Waals surface area contributed by atoms with Crippen LogP contribution in [0.5, 0.6) is 11.5 Å². The molecule has 19 heavy (non-hydrogen) atoms. The fourth-order valence-corrected chi connectivity index (χ4v) is 1.61. The van der Waals surface area contributed by atoms with Gasteiger partial charge in [-0.3, -0.25) is 4.79 Å². The molecule has 1 aromatic rings. The molecule has 0 atom stereocenters. The Hall–Kier alpha value is -1.95. The highest BCUT2D eigenvalue weighted by atomic mass is 16.5. The van der Waals surface area contributed by atoms with Crippen molar-refractivity contribution in [2.75, 3.05) is 33.1 Å². The second-order valence-electron chi connectivity index (χ2n) is 3.98. The van der Waals surface area contributed by atoms with Crippen LogP contribution in [0.4, 0.5) is 5.69 Å². The first-order chi connectivity index (χ1) is 9.13. The van der Waals surface area contributed by atoms with E-state index in [1.54, 1.807) is 12.1 Å². The van der Waals surface area contributed by atoms with Crippen LogP contribution >= 0.6 is 0 Å². The number of methoxy groups -OCH3 is 2. The lowest BCUT2D eigenvalue weighted by molar-refractivity contribution is 0.0952. The van der Waals surface area contributed by atoms with Gasteiger partial charge in [0.1, 0.15) is 11.5 Å². The summed E-state index contributed by atoms with van der Waals surface area (Å²) in [5.41, 5.74) is 6.47. The summed E-state index contributed by atoms with van der Waals surface area (Å²) in [5, 5.41) is 11.4. The normalized spacial score (nSPS) is 10.1. The number of nitrogens with one attached hydrogen (secondary N) is 1. The molecule has 0 saturated carbocycles. The van der Waals surface area contributed by atoms with Gasteiger partial charge in [-0.05, 0) is 18.9 Å². The first-order valence-corrected chi connectivity index (χ1v) is 6.04. The van der Waals surface area contributed by atoms with Crippen LogP contribution in [0.15, 0.2) is 12.1 Å². The predicted octanol–water partition coefficient (Wildman–Crippen LogP) is 0.788. The lowest BCUT2D eigenvalue weighted by Gasteiger charge is -2.12. The molecule has 1 amide bonds. The highest BCUT2D eigenvalue weighted by molar-refractivity contribution is 6.00. The van der Waals surface area contributed by atoms with Crippen molar-refractivity contribution >= 4 is 11.6 Å². The molecule has 0 fully saturated rings. The van der Waals surface area contributed by atoms with E-state index in [1.807, 2.05) is 0 Å². The molecule has 1 rings (SSSR count). The fourth-order valence-electron chi connectivity index (χ4n) is 1.61. The van der Waals surface area contributed by atoms with Crippen LogP contribution in [0, 0.1) is 0 Å². The molecule has 6 nitrogen and oxygen atoms in total. The summed E-state index contributed by atoms with van der Waals surface area (Å²) in [7, 11) is 2.99. The molecule has 0 heterocycles. The number of carbonyl (C=O) groups excluding carboxylic acids is 1. The predicted molar refractivity (Wildman–Crippen MR) is 72.6 cm³/mol. The molecule has 0 aliphatic heterocycles. The van der Waals surface area contributed by atoms with E-state index in [0.717, 1.165) is 0 Å². The van der Waals surface area contributed by atoms with Crippen molar-refractivity contribution in [3.63, 3.8) is 0 Å². The fraction of sp³-hybridized carbons (Fsp3) is 0.462. The van der Waals surface area contributed by atoms with Crippen LogP contribution in [-0.4, -0.2) is 38.4 Å². The zero-order valence-electron chi connectivity index (χ0n) is 11.2. The first-order valence-electron chi connectivity index (χ1n) is 6.04. The Labute approximate surface area is 112 Å². The molecular formula is C13H20N2O4. The summed E-state index contributed by atoms with van der Waals surface area (Å²) >= 11 is 0. The van der Waals surface area contributed by atoms with Gasteiger partial charge in [0.05, 0.1) is 25.5 Å². The minimum atomic E-state index is -0.285. The second-order valence-corrected chi connectivity index (χ2v) is 3.98. The average Bonchev–Trinajstić information content (AvgIpc) is 2.43. The van der Waals surface area contributed by atoms with Gasteiger partial charge in [0, 0.05) is 19.2 Å². The van der Waals surface area contributed by atoms with Gasteiger partial charge in [-0.2, -0.15) is 0 Å². The van der Waals surface area contributed by atoms with Crippen molar-refractivity contribution in [3.8, 4) is 11.5 Å². The number of ether oxygens (including phenoxy) is 2. The van der Waals surface area contributed by atoms with E-state index in [4.69, 9.17) is 20.3 Å². The number of hydrogen-bond acceptors (Lipinski definition) is 5. The minimum Gasteiger partial charge on any atom is -0.497 e. The molecule has 0 aliphatic carbocycles. The molecule has 0 saturated heterocycles. The number of nitrogen functional groups attached to an aromatic ring is 1. The number of nitrogens with two attached hydrogens (primary N) is 1. The monoisotopic (exact) mass is 268 g/mol. The Morgan fingerprint density at radius 3 is 2.63 bits per heavy atom. The van der Waals surface area contributed by atoms with Gasteiger partial charge in [0.25, 0.3) is 5.91 Å². The van der Waals surface area contributed by atoms with E-state index in [-0.39, 0.29) is 18.2 Å². The van der Waals surface area contributed by atoms with Gasteiger partial charge in [0.15, 0.2) is 0 Å². The summed E-state index contributed by atoms with van der Waals surface area (Å²) in [6.07, 6.45) is 1.36. The maximum absolute atomic E-state index is 12.0. The molecule has 4 N–H and O–H groups in total. The van der Waals surface area contributed by atoms with Crippen molar-refractivity contribution < 1.29 is 19.4 Å².